The van der Waals surface area contributed by atoms with Gasteiger partial charge in [-0.05, 0) is 37.0 Å². The summed E-state index contributed by atoms with van der Waals surface area (Å²) in [6.07, 6.45) is 4.02. The molecule has 2 N–H and O–H groups in total. The molecule has 2 bridgehead atoms. The van der Waals surface area contributed by atoms with Crippen LogP contribution in [0.15, 0.2) is 0 Å². The second-order valence-corrected chi connectivity index (χ2v) is 7.47. The Morgan fingerprint density at radius 3 is 2.50 bits per heavy atom. The molecule has 2 rings (SSSR count). The maximum atomic E-state index is 12.1. The summed E-state index contributed by atoms with van der Waals surface area (Å²) in [5, 5.41) is 12.1. The fourth-order valence-electron chi connectivity index (χ4n) is 3.47. The third kappa shape index (κ3) is 3.64. The number of nitrogens with one attached hydrogen (secondary N) is 1. The number of urea groups is 1. The minimum Gasteiger partial charge on any atom is -0.481 e. The van der Waals surface area contributed by atoms with Gasteiger partial charge in [0.15, 0.2) is 0 Å². The molecular formula is C15H26N2O3. The van der Waals surface area contributed by atoms with Crippen LogP contribution in [0.4, 0.5) is 4.79 Å². The number of aliphatic carboxylic acids is 1. The Hall–Kier alpha value is -1.26. The van der Waals surface area contributed by atoms with Crippen LogP contribution >= 0.6 is 0 Å². The van der Waals surface area contributed by atoms with Crippen LogP contribution in [-0.4, -0.2) is 41.1 Å². The summed E-state index contributed by atoms with van der Waals surface area (Å²) in [4.78, 5) is 25.3. The van der Waals surface area contributed by atoms with E-state index in [-0.39, 0.29) is 18.0 Å². The van der Waals surface area contributed by atoms with Gasteiger partial charge in [-0.1, -0.05) is 20.8 Å². The molecule has 2 amide bonds. The number of hydrogen-bond acceptors (Lipinski definition) is 2. The molecule has 0 radical (unpaired) electrons. The number of carboxylic acid groups (broad SMARTS) is 1. The SMILES string of the molecule is CC(C)(C)CC(CNC(=O)N1CC2CCC1C2)C(=O)O. The number of hydrogen-bond donors (Lipinski definition) is 2. The van der Waals surface area contributed by atoms with Crippen molar-refractivity contribution in [3.63, 3.8) is 0 Å². The van der Waals surface area contributed by atoms with E-state index in [0.29, 0.717) is 18.4 Å². The van der Waals surface area contributed by atoms with E-state index in [1.165, 1.54) is 6.42 Å². The van der Waals surface area contributed by atoms with Crippen LogP contribution in [0.1, 0.15) is 46.5 Å². The number of amides is 2. The maximum Gasteiger partial charge on any atom is 0.317 e. The zero-order valence-electron chi connectivity index (χ0n) is 12.7. The quantitative estimate of drug-likeness (QED) is 0.831. The van der Waals surface area contributed by atoms with Crippen molar-refractivity contribution in [1.29, 1.82) is 0 Å². The molecule has 5 nitrogen and oxygen atoms in total. The van der Waals surface area contributed by atoms with E-state index in [0.717, 1.165) is 19.4 Å². The van der Waals surface area contributed by atoms with E-state index in [2.05, 4.69) is 5.32 Å². The normalized spacial score (nSPS) is 26.6. The van der Waals surface area contributed by atoms with Gasteiger partial charge in [0.25, 0.3) is 0 Å². The van der Waals surface area contributed by atoms with E-state index >= 15 is 0 Å². The molecule has 114 valence electrons. The standard InChI is InChI=1S/C15H26N2O3/c1-15(2,3)7-11(13(18)19)8-16-14(20)17-9-10-4-5-12(17)6-10/h10-12H,4-9H2,1-3H3,(H,16,20)(H,18,19). The van der Waals surface area contributed by atoms with Gasteiger partial charge in [0.1, 0.15) is 0 Å². The van der Waals surface area contributed by atoms with Crippen molar-refractivity contribution >= 4 is 12.0 Å². The van der Waals surface area contributed by atoms with Gasteiger partial charge in [-0.3, -0.25) is 4.79 Å². The van der Waals surface area contributed by atoms with Gasteiger partial charge < -0.3 is 15.3 Å². The summed E-state index contributed by atoms with van der Waals surface area (Å²) in [5.74, 6) is -0.683. The summed E-state index contributed by atoms with van der Waals surface area (Å²) in [7, 11) is 0. The number of nitrogens with zero attached hydrogens (tertiary/aromatic N) is 1. The van der Waals surface area contributed by atoms with Gasteiger partial charge in [0.2, 0.25) is 0 Å². The Balaban J connectivity index is 1.83. The lowest BCUT2D eigenvalue weighted by Crippen LogP contribution is -2.46. The zero-order chi connectivity index (χ0) is 14.9. The maximum absolute atomic E-state index is 12.1. The monoisotopic (exact) mass is 282 g/mol. The molecule has 5 heteroatoms. The van der Waals surface area contributed by atoms with Crippen LogP contribution in [0.5, 0.6) is 0 Å². The summed E-state index contributed by atoms with van der Waals surface area (Å²) < 4.78 is 0. The number of rotatable bonds is 4. The van der Waals surface area contributed by atoms with Gasteiger partial charge >= 0.3 is 12.0 Å². The zero-order valence-corrected chi connectivity index (χ0v) is 12.7. The molecule has 1 aliphatic carbocycles. The molecule has 0 aromatic carbocycles. The minimum absolute atomic E-state index is 0.0551. The molecule has 0 spiro atoms. The van der Waals surface area contributed by atoms with Gasteiger partial charge in [0, 0.05) is 19.1 Å². The molecule has 2 aliphatic rings. The molecule has 1 saturated heterocycles. The van der Waals surface area contributed by atoms with Crippen LogP contribution < -0.4 is 5.32 Å². The number of piperidine rings is 1. The number of carboxylic acids is 1. The lowest BCUT2D eigenvalue weighted by molar-refractivity contribution is -0.142. The lowest BCUT2D eigenvalue weighted by atomic mass is 9.84. The van der Waals surface area contributed by atoms with Crippen molar-refractivity contribution < 1.29 is 14.7 Å². The largest absolute Gasteiger partial charge is 0.481 e. The van der Waals surface area contributed by atoms with Crippen LogP contribution in [-0.2, 0) is 4.79 Å². The molecule has 2 fully saturated rings. The third-order valence-electron chi connectivity index (χ3n) is 4.38. The Morgan fingerprint density at radius 1 is 1.35 bits per heavy atom. The molecule has 1 saturated carbocycles. The van der Waals surface area contributed by atoms with E-state index in [1.807, 2.05) is 25.7 Å². The molecule has 0 aromatic rings. The Morgan fingerprint density at radius 2 is 2.05 bits per heavy atom. The van der Waals surface area contributed by atoms with Crippen molar-refractivity contribution in [1.82, 2.24) is 10.2 Å². The highest BCUT2D eigenvalue weighted by Crippen LogP contribution is 2.37. The summed E-state index contributed by atoms with van der Waals surface area (Å²) in [6, 6.07) is 0.295. The van der Waals surface area contributed by atoms with Crippen LogP contribution in [0.25, 0.3) is 0 Å². The Kier molecular flexibility index (Phi) is 4.25. The molecule has 20 heavy (non-hydrogen) atoms. The topological polar surface area (TPSA) is 69.6 Å². The third-order valence-corrected chi connectivity index (χ3v) is 4.38. The first kappa shape index (κ1) is 15.1. The second kappa shape index (κ2) is 5.62. The van der Waals surface area contributed by atoms with E-state index in [1.54, 1.807) is 0 Å². The fourth-order valence-corrected chi connectivity index (χ4v) is 3.47. The molecule has 1 heterocycles. The van der Waals surface area contributed by atoms with Crippen molar-refractivity contribution in [2.75, 3.05) is 13.1 Å². The highest BCUT2D eigenvalue weighted by molar-refractivity contribution is 5.76. The van der Waals surface area contributed by atoms with Gasteiger partial charge in [-0.25, -0.2) is 4.79 Å². The fraction of sp³-hybridized carbons (Fsp3) is 0.867. The van der Waals surface area contributed by atoms with E-state index in [4.69, 9.17) is 0 Å². The van der Waals surface area contributed by atoms with Gasteiger partial charge in [-0.15, -0.1) is 0 Å². The highest BCUT2D eigenvalue weighted by atomic mass is 16.4. The number of fused-ring (bicyclic) bond motifs is 2. The molecule has 3 atom stereocenters. The second-order valence-electron chi connectivity index (χ2n) is 7.47. The van der Waals surface area contributed by atoms with Crippen LogP contribution in [0, 0.1) is 17.3 Å². The molecule has 1 aliphatic heterocycles. The first-order valence-electron chi connectivity index (χ1n) is 7.53. The number of carbonyl (C=O) groups is 2. The smallest absolute Gasteiger partial charge is 0.317 e. The van der Waals surface area contributed by atoms with E-state index in [9.17, 15) is 14.7 Å². The van der Waals surface area contributed by atoms with Crippen LogP contribution in [0.3, 0.4) is 0 Å². The van der Waals surface area contributed by atoms with Gasteiger partial charge in [0.05, 0.1) is 5.92 Å². The van der Waals surface area contributed by atoms with Crippen LogP contribution in [0.2, 0.25) is 0 Å². The summed E-state index contributed by atoms with van der Waals surface area (Å²) >= 11 is 0. The molecule has 3 unspecified atom stereocenters. The average molecular weight is 282 g/mol. The Bertz CT molecular complexity index is 389. The van der Waals surface area contributed by atoms with E-state index < -0.39 is 11.9 Å². The van der Waals surface area contributed by atoms with Crippen molar-refractivity contribution in [3.8, 4) is 0 Å². The van der Waals surface area contributed by atoms with Crippen molar-refractivity contribution in [2.45, 2.75) is 52.5 Å². The summed E-state index contributed by atoms with van der Waals surface area (Å²) in [5.41, 5.74) is -0.0551. The van der Waals surface area contributed by atoms with Crippen molar-refractivity contribution in [3.05, 3.63) is 0 Å². The number of carbonyl (C=O) groups excluding carboxylic acids is 1. The molecule has 0 aromatic heterocycles. The van der Waals surface area contributed by atoms with Gasteiger partial charge in [-0.2, -0.15) is 0 Å². The minimum atomic E-state index is -0.830. The first-order valence-corrected chi connectivity index (χ1v) is 7.53. The Labute approximate surface area is 120 Å². The predicted octanol–water partition coefficient (Wildman–Crippen LogP) is 2.32. The molecular weight excluding hydrogens is 256 g/mol. The average Bonchev–Trinajstić information content (AvgIpc) is 2.94. The lowest BCUT2D eigenvalue weighted by Gasteiger charge is -2.28. The number of likely N-dealkylation sites (tertiary alicyclic amines) is 1. The summed E-state index contributed by atoms with van der Waals surface area (Å²) in [6.45, 7) is 7.12. The van der Waals surface area contributed by atoms with Crippen molar-refractivity contribution in [2.24, 2.45) is 17.3 Å². The predicted molar refractivity (Wildman–Crippen MR) is 76.4 cm³/mol. The highest BCUT2D eigenvalue weighted by Gasteiger charge is 2.40. The first-order chi connectivity index (χ1) is 9.26.